The van der Waals surface area contributed by atoms with E-state index in [9.17, 15) is 0 Å². The number of likely N-dealkylation sites (tertiary alicyclic amines) is 1. The lowest BCUT2D eigenvalue weighted by atomic mass is 10.2. The Morgan fingerprint density at radius 2 is 2.12 bits per heavy atom. The summed E-state index contributed by atoms with van der Waals surface area (Å²) in [5, 5.41) is 6.72. The molecule has 1 aromatic rings. The van der Waals surface area contributed by atoms with Crippen molar-refractivity contribution in [2.24, 2.45) is 10.9 Å². The van der Waals surface area contributed by atoms with E-state index < -0.39 is 0 Å². The van der Waals surface area contributed by atoms with E-state index >= 15 is 0 Å². The van der Waals surface area contributed by atoms with Crippen LogP contribution in [0.2, 0.25) is 0 Å². The predicted molar refractivity (Wildman–Crippen MR) is 97.3 cm³/mol. The third kappa shape index (κ3) is 6.17. The van der Waals surface area contributed by atoms with Crippen molar-refractivity contribution >= 4 is 5.96 Å². The first-order chi connectivity index (χ1) is 11.7. The van der Waals surface area contributed by atoms with E-state index in [2.05, 4.69) is 40.4 Å². The van der Waals surface area contributed by atoms with E-state index in [1.165, 1.54) is 12.8 Å². The first-order valence-electron chi connectivity index (χ1n) is 9.00. The summed E-state index contributed by atoms with van der Waals surface area (Å²) in [7, 11) is 1.79. The molecule has 2 rings (SSSR count). The number of furan rings is 1. The zero-order valence-corrected chi connectivity index (χ0v) is 15.3. The average Bonchev–Trinajstić information content (AvgIpc) is 3.26. The van der Waals surface area contributed by atoms with Crippen LogP contribution >= 0.6 is 0 Å². The number of nitrogens with zero attached hydrogens (tertiary/aromatic N) is 2. The van der Waals surface area contributed by atoms with E-state index in [1.54, 1.807) is 13.3 Å². The second-order valence-corrected chi connectivity index (χ2v) is 6.62. The average molecular weight is 336 g/mol. The Balaban J connectivity index is 1.77. The molecule has 0 bridgehead atoms. The molecule has 1 fully saturated rings. The normalized spacial score (nSPS) is 17.4. The number of aliphatic imine (C=N–C) groups is 1. The zero-order valence-electron chi connectivity index (χ0n) is 15.3. The van der Waals surface area contributed by atoms with Crippen LogP contribution in [0.3, 0.4) is 0 Å². The minimum absolute atomic E-state index is 0.248. The third-order valence-corrected chi connectivity index (χ3v) is 4.13. The van der Waals surface area contributed by atoms with Crippen LogP contribution in [-0.2, 0) is 4.74 Å². The van der Waals surface area contributed by atoms with Crippen molar-refractivity contribution in [3.63, 3.8) is 0 Å². The van der Waals surface area contributed by atoms with Gasteiger partial charge >= 0.3 is 0 Å². The molecule has 1 aromatic heterocycles. The van der Waals surface area contributed by atoms with Crippen LogP contribution in [-0.4, -0.2) is 57.3 Å². The molecule has 0 saturated carbocycles. The van der Waals surface area contributed by atoms with Crippen LogP contribution in [0.1, 0.15) is 38.5 Å². The van der Waals surface area contributed by atoms with E-state index in [-0.39, 0.29) is 6.04 Å². The molecule has 0 radical (unpaired) electrons. The highest BCUT2D eigenvalue weighted by Gasteiger charge is 2.25. The van der Waals surface area contributed by atoms with Crippen LogP contribution in [0.15, 0.2) is 27.8 Å². The van der Waals surface area contributed by atoms with Gasteiger partial charge in [-0.1, -0.05) is 13.8 Å². The van der Waals surface area contributed by atoms with Gasteiger partial charge in [-0.2, -0.15) is 0 Å². The molecule has 6 heteroatoms. The van der Waals surface area contributed by atoms with Gasteiger partial charge in [0.1, 0.15) is 5.76 Å². The molecule has 1 atom stereocenters. The lowest BCUT2D eigenvalue weighted by molar-refractivity contribution is 0.114. The first kappa shape index (κ1) is 18.8. The molecule has 136 valence electrons. The van der Waals surface area contributed by atoms with Crippen molar-refractivity contribution < 1.29 is 9.15 Å². The Morgan fingerprint density at radius 1 is 1.33 bits per heavy atom. The van der Waals surface area contributed by atoms with Crippen molar-refractivity contribution in [1.82, 2.24) is 15.5 Å². The Kier molecular flexibility index (Phi) is 8.12. The van der Waals surface area contributed by atoms with Crippen molar-refractivity contribution in [2.45, 2.75) is 32.7 Å². The molecule has 1 saturated heterocycles. The van der Waals surface area contributed by atoms with Crippen molar-refractivity contribution in [3.8, 4) is 0 Å². The fraction of sp³-hybridized carbons (Fsp3) is 0.722. The van der Waals surface area contributed by atoms with Gasteiger partial charge in [0.25, 0.3) is 0 Å². The largest absolute Gasteiger partial charge is 0.468 e. The molecule has 1 aliphatic rings. The summed E-state index contributed by atoms with van der Waals surface area (Å²) < 4.78 is 11.2. The molecule has 2 heterocycles. The number of guanidine groups is 1. The predicted octanol–water partition coefficient (Wildman–Crippen LogP) is 2.25. The molecular formula is C18H32N4O2. The van der Waals surface area contributed by atoms with Gasteiger partial charge in [0, 0.05) is 26.7 Å². The van der Waals surface area contributed by atoms with Crippen molar-refractivity contribution in [3.05, 3.63) is 24.2 Å². The van der Waals surface area contributed by atoms with Crippen LogP contribution in [0.25, 0.3) is 0 Å². The summed E-state index contributed by atoms with van der Waals surface area (Å²) in [6.07, 6.45) is 4.27. The molecular weight excluding hydrogens is 304 g/mol. The number of nitrogens with one attached hydrogen (secondary N) is 2. The highest BCUT2D eigenvalue weighted by Crippen LogP contribution is 2.24. The molecule has 0 amide bonds. The quantitative estimate of drug-likeness (QED) is 0.411. The standard InChI is InChI=1S/C18H32N4O2/c1-15(2)14-23-12-8-20-18(19-3)21-13-16(17-7-6-11-24-17)22-9-4-5-10-22/h6-7,11,15-16H,4-5,8-10,12-14H2,1-3H3,(H2,19,20,21). The SMILES string of the molecule is CN=C(NCCOCC(C)C)NCC(c1ccco1)N1CCCC1. The highest BCUT2D eigenvalue weighted by atomic mass is 16.5. The summed E-state index contributed by atoms with van der Waals surface area (Å²) in [6, 6.07) is 4.26. The zero-order chi connectivity index (χ0) is 17.2. The molecule has 0 aromatic carbocycles. The third-order valence-electron chi connectivity index (χ3n) is 4.13. The Bertz CT molecular complexity index is 467. The van der Waals surface area contributed by atoms with Crippen molar-refractivity contribution in [1.29, 1.82) is 0 Å². The highest BCUT2D eigenvalue weighted by molar-refractivity contribution is 5.79. The molecule has 2 N–H and O–H groups in total. The van der Waals surface area contributed by atoms with E-state index in [4.69, 9.17) is 9.15 Å². The molecule has 0 spiro atoms. The maximum absolute atomic E-state index is 5.65. The molecule has 24 heavy (non-hydrogen) atoms. The van der Waals surface area contributed by atoms with Crippen LogP contribution in [0.5, 0.6) is 0 Å². The lowest BCUT2D eigenvalue weighted by Crippen LogP contribution is -2.43. The minimum Gasteiger partial charge on any atom is -0.468 e. The van der Waals surface area contributed by atoms with E-state index in [0.29, 0.717) is 12.5 Å². The number of hydrogen-bond acceptors (Lipinski definition) is 4. The van der Waals surface area contributed by atoms with Crippen LogP contribution in [0.4, 0.5) is 0 Å². The van der Waals surface area contributed by atoms with Gasteiger partial charge in [0.2, 0.25) is 0 Å². The topological polar surface area (TPSA) is 62.0 Å². The Morgan fingerprint density at radius 3 is 2.75 bits per heavy atom. The van der Waals surface area contributed by atoms with Gasteiger partial charge in [0.15, 0.2) is 5.96 Å². The monoisotopic (exact) mass is 336 g/mol. The van der Waals surface area contributed by atoms with Gasteiger partial charge < -0.3 is 19.8 Å². The van der Waals surface area contributed by atoms with Gasteiger partial charge in [-0.05, 0) is 44.0 Å². The first-order valence-corrected chi connectivity index (χ1v) is 9.00. The summed E-state index contributed by atoms with van der Waals surface area (Å²) in [6.45, 7) is 9.57. The minimum atomic E-state index is 0.248. The fourth-order valence-corrected chi connectivity index (χ4v) is 2.92. The summed E-state index contributed by atoms with van der Waals surface area (Å²) >= 11 is 0. The van der Waals surface area contributed by atoms with Crippen LogP contribution < -0.4 is 10.6 Å². The van der Waals surface area contributed by atoms with Gasteiger partial charge in [-0.15, -0.1) is 0 Å². The maximum Gasteiger partial charge on any atom is 0.191 e. The summed E-state index contributed by atoms with van der Waals surface area (Å²) in [5.41, 5.74) is 0. The van der Waals surface area contributed by atoms with Gasteiger partial charge in [-0.25, -0.2) is 0 Å². The second-order valence-electron chi connectivity index (χ2n) is 6.62. The fourth-order valence-electron chi connectivity index (χ4n) is 2.92. The molecule has 1 aliphatic heterocycles. The Hall–Kier alpha value is -1.53. The summed E-state index contributed by atoms with van der Waals surface area (Å²) in [5.74, 6) is 2.39. The summed E-state index contributed by atoms with van der Waals surface area (Å²) in [4.78, 5) is 6.77. The molecule has 6 nitrogen and oxygen atoms in total. The van der Waals surface area contributed by atoms with Crippen LogP contribution in [0, 0.1) is 5.92 Å². The Labute approximate surface area is 145 Å². The van der Waals surface area contributed by atoms with Gasteiger partial charge in [0.05, 0.1) is 18.9 Å². The molecule has 0 aliphatic carbocycles. The van der Waals surface area contributed by atoms with E-state index in [0.717, 1.165) is 44.5 Å². The maximum atomic E-state index is 5.65. The van der Waals surface area contributed by atoms with E-state index in [1.807, 2.05) is 6.07 Å². The molecule has 1 unspecified atom stereocenters. The number of rotatable bonds is 9. The second kappa shape index (κ2) is 10.4. The smallest absolute Gasteiger partial charge is 0.191 e. The van der Waals surface area contributed by atoms with Gasteiger partial charge in [-0.3, -0.25) is 9.89 Å². The van der Waals surface area contributed by atoms with Crippen molar-refractivity contribution in [2.75, 3.05) is 46.4 Å². The number of ether oxygens (including phenoxy) is 1. The number of hydrogen-bond donors (Lipinski definition) is 2. The lowest BCUT2D eigenvalue weighted by Gasteiger charge is -2.26.